The number of amides is 2. The van der Waals surface area contributed by atoms with Crippen LogP contribution < -0.4 is 10.9 Å². The number of benzene rings is 1. The minimum absolute atomic E-state index is 0.357. The van der Waals surface area contributed by atoms with E-state index in [-0.39, 0.29) is 5.91 Å². The Kier molecular flexibility index (Phi) is 4.01. The maximum atomic E-state index is 11.9. The van der Waals surface area contributed by atoms with Gasteiger partial charge in [0, 0.05) is 16.2 Å². The van der Waals surface area contributed by atoms with E-state index in [0.717, 1.165) is 10.0 Å². The molecule has 0 aliphatic carbocycles. The van der Waals surface area contributed by atoms with Crippen molar-refractivity contribution >= 4 is 27.7 Å². The Bertz CT molecular complexity index is 608. The lowest BCUT2D eigenvalue weighted by molar-refractivity contribution is 0.0844. The summed E-state index contributed by atoms with van der Waals surface area (Å²) < 4.78 is 0.900. The fourth-order valence-electron chi connectivity index (χ4n) is 1.60. The van der Waals surface area contributed by atoms with Crippen molar-refractivity contribution in [1.29, 1.82) is 0 Å². The zero-order chi connectivity index (χ0) is 13.8. The number of aromatic amines is 1. The Morgan fingerprint density at radius 1 is 1.16 bits per heavy atom. The van der Waals surface area contributed by atoms with E-state index in [9.17, 15) is 9.59 Å². The first kappa shape index (κ1) is 13.4. The predicted octanol–water partition coefficient (Wildman–Crippen LogP) is 2.16. The number of hydrazine groups is 1. The largest absolute Gasteiger partial charge is 0.357 e. The zero-order valence-corrected chi connectivity index (χ0v) is 11.7. The molecule has 1 aromatic carbocycles. The minimum atomic E-state index is -0.395. The Hall–Kier alpha value is -2.08. The third-order valence-electron chi connectivity index (χ3n) is 2.57. The second-order valence-electron chi connectivity index (χ2n) is 3.95. The molecule has 0 fully saturated rings. The van der Waals surface area contributed by atoms with E-state index in [1.807, 2.05) is 13.0 Å². The van der Waals surface area contributed by atoms with Crippen LogP contribution in [-0.4, -0.2) is 16.8 Å². The SMILES string of the molecule is Cc1cc(Br)ccc1C(=O)NNC(=O)c1ccc[nH]1. The zero-order valence-electron chi connectivity index (χ0n) is 10.2. The molecular formula is C13H12BrN3O2. The lowest BCUT2D eigenvalue weighted by Gasteiger charge is -2.08. The van der Waals surface area contributed by atoms with E-state index in [0.29, 0.717) is 11.3 Å². The van der Waals surface area contributed by atoms with Crippen LogP contribution in [-0.2, 0) is 0 Å². The molecule has 1 heterocycles. The minimum Gasteiger partial charge on any atom is -0.357 e. The number of carbonyl (C=O) groups is 2. The van der Waals surface area contributed by atoms with Gasteiger partial charge in [0.2, 0.25) is 0 Å². The topological polar surface area (TPSA) is 74.0 Å². The summed E-state index contributed by atoms with van der Waals surface area (Å²) in [6, 6.07) is 8.62. The van der Waals surface area contributed by atoms with Crippen molar-refractivity contribution in [2.24, 2.45) is 0 Å². The Balaban J connectivity index is 2.00. The van der Waals surface area contributed by atoms with Crippen molar-refractivity contribution < 1.29 is 9.59 Å². The fraction of sp³-hybridized carbons (Fsp3) is 0.0769. The summed E-state index contributed by atoms with van der Waals surface area (Å²) in [6.45, 7) is 1.83. The fourth-order valence-corrected chi connectivity index (χ4v) is 2.08. The molecule has 5 nitrogen and oxygen atoms in total. The summed E-state index contributed by atoms with van der Waals surface area (Å²) >= 11 is 3.33. The smallest absolute Gasteiger partial charge is 0.286 e. The first-order chi connectivity index (χ1) is 9.08. The lowest BCUT2D eigenvalue weighted by atomic mass is 10.1. The molecule has 0 aliphatic heterocycles. The second kappa shape index (κ2) is 5.71. The molecular weight excluding hydrogens is 310 g/mol. The third kappa shape index (κ3) is 3.23. The molecule has 0 atom stereocenters. The van der Waals surface area contributed by atoms with E-state index in [4.69, 9.17) is 0 Å². The van der Waals surface area contributed by atoms with Gasteiger partial charge in [-0.1, -0.05) is 15.9 Å². The van der Waals surface area contributed by atoms with Crippen molar-refractivity contribution in [3.8, 4) is 0 Å². The van der Waals surface area contributed by atoms with Crippen molar-refractivity contribution in [2.45, 2.75) is 6.92 Å². The van der Waals surface area contributed by atoms with Crippen molar-refractivity contribution in [3.05, 3.63) is 57.8 Å². The van der Waals surface area contributed by atoms with Gasteiger partial charge in [-0.15, -0.1) is 0 Å². The average Bonchev–Trinajstić information content (AvgIpc) is 2.89. The van der Waals surface area contributed by atoms with E-state index in [1.54, 1.807) is 30.5 Å². The first-order valence-electron chi connectivity index (χ1n) is 5.58. The van der Waals surface area contributed by atoms with Crippen LogP contribution in [0.4, 0.5) is 0 Å². The number of carbonyl (C=O) groups excluding carboxylic acids is 2. The molecule has 0 saturated carbocycles. The van der Waals surface area contributed by atoms with Crippen LogP contribution in [0.25, 0.3) is 0 Å². The Morgan fingerprint density at radius 3 is 2.53 bits per heavy atom. The number of halogens is 1. The van der Waals surface area contributed by atoms with Crippen LogP contribution in [0.3, 0.4) is 0 Å². The standard InChI is InChI=1S/C13H12BrN3O2/c1-8-7-9(14)4-5-10(8)12(18)16-17-13(19)11-3-2-6-15-11/h2-7,15H,1H3,(H,16,18)(H,17,19). The molecule has 3 N–H and O–H groups in total. The average molecular weight is 322 g/mol. The number of aryl methyl sites for hydroxylation is 1. The lowest BCUT2D eigenvalue weighted by Crippen LogP contribution is -2.42. The predicted molar refractivity (Wildman–Crippen MR) is 74.6 cm³/mol. The van der Waals surface area contributed by atoms with Gasteiger partial charge in [-0.2, -0.15) is 0 Å². The van der Waals surface area contributed by atoms with Crippen molar-refractivity contribution in [1.82, 2.24) is 15.8 Å². The Morgan fingerprint density at radius 2 is 1.89 bits per heavy atom. The molecule has 0 bridgehead atoms. The summed E-state index contributed by atoms with van der Waals surface area (Å²) in [6.07, 6.45) is 1.63. The van der Waals surface area contributed by atoms with Crippen LogP contribution in [0.15, 0.2) is 41.0 Å². The van der Waals surface area contributed by atoms with Gasteiger partial charge in [0.05, 0.1) is 0 Å². The number of nitrogens with one attached hydrogen (secondary N) is 3. The van der Waals surface area contributed by atoms with Gasteiger partial charge in [0.15, 0.2) is 0 Å². The van der Waals surface area contributed by atoms with Gasteiger partial charge in [0.25, 0.3) is 11.8 Å². The highest BCUT2D eigenvalue weighted by molar-refractivity contribution is 9.10. The molecule has 1 aromatic heterocycles. The normalized spacial score (nSPS) is 10.0. The Labute approximate surface area is 118 Å². The number of aromatic nitrogens is 1. The first-order valence-corrected chi connectivity index (χ1v) is 6.37. The molecule has 19 heavy (non-hydrogen) atoms. The van der Waals surface area contributed by atoms with Gasteiger partial charge in [0.1, 0.15) is 5.69 Å². The summed E-state index contributed by atoms with van der Waals surface area (Å²) in [7, 11) is 0. The van der Waals surface area contributed by atoms with Crippen LogP contribution in [0.5, 0.6) is 0 Å². The van der Waals surface area contributed by atoms with Crippen molar-refractivity contribution in [3.63, 3.8) is 0 Å². The molecule has 2 aromatic rings. The van der Waals surface area contributed by atoms with E-state index < -0.39 is 5.91 Å². The van der Waals surface area contributed by atoms with Crippen LogP contribution in [0.2, 0.25) is 0 Å². The molecule has 0 aliphatic rings. The maximum Gasteiger partial charge on any atom is 0.286 e. The summed E-state index contributed by atoms with van der Waals surface area (Å²) in [5.41, 5.74) is 6.43. The molecule has 98 valence electrons. The van der Waals surface area contributed by atoms with E-state index in [1.165, 1.54) is 0 Å². The van der Waals surface area contributed by atoms with Crippen LogP contribution in [0.1, 0.15) is 26.4 Å². The highest BCUT2D eigenvalue weighted by Gasteiger charge is 2.11. The van der Waals surface area contributed by atoms with Gasteiger partial charge in [-0.05, 0) is 42.8 Å². The molecule has 0 unspecified atom stereocenters. The molecule has 0 saturated heterocycles. The maximum absolute atomic E-state index is 11.9. The highest BCUT2D eigenvalue weighted by Crippen LogP contribution is 2.15. The third-order valence-corrected chi connectivity index (χ3v) is 3.06. The quantitative estimate of drug-likeness (QED) is 0.741. The van der Waals surface area contributed by atoms with Crippen LogP contribution >= 0.6 is 15.9 Å². The van der Waals surface area contributed by atoms with Gasteiger partial charge >= 0.3 is 0 Å². The molecule has 6 heteroatoms. The molecule has 2 rings (SSSR count). The number of H-pyrrole nitrogens is 1. The van der Waals surface area contributed by atoms with Crippen molar-refractivity contribution in [2.75, 3.05) is 0 Å². The van der Waals surface area contributed by atoms with Gasteiger partial charge in [-0.3, -0.25) is 20.4 Å². The monoisotopic (exact) mass is 321 g/mol. The van der Waals surface area contributed by atoms with E-state index >= 15 is 0 Å². The molecule has 0 spiro atoms. The van der Waals surface area contributed by atoms with Crippen LogP contribution in [0, 0.1) is 6.92 Å². The number of hydrogen-bond acceptors (Lipinski definition) is 2. The summed E-state index contributed by atoms with van der Waals surface area (Å²) in [5, 5.41) is 0. The second-order valence-corrected chi connectivity index (χ2v) is 4.87. The molecule has 0 radical (unpaired) electrons. The van der Waals surface area contributed by atoms with Gasteiger partial charge < -0.3 is 4.98 Å². The van der Waals surface area contributed by atoms with Gasteiger partial charge in [-0.25, -0.2) is 0 Å². The number of hydrogen-bond donors (Lipinski definition) is 3. The van der Waals surface area contributed by atoms with E-state index in [2.05, 4.69) is 31.8 Å². The summed E-state index contributed by atoms with van der Waals surface area (Å²) in [4.78, 5) is 26.3. The summed E-state index contributed by atoms with van der Waals surface area (Å²) in [5.74, 6) is -0.752. The number of rotatable bonds is 2. The molecule has 2 amide bonds. The highest BCUT2D eigenvalue weighted by atomic mass is 79.9.